The van der Waals surface area contributed by atoms with Crippen molar-refractivity contribution in [2.24, 2.45) is 0 Å². The van der Waals surface area contributed by atoms with Gasteiger partial charge in [0.2, 0.25) is 5.89 Å². The van der Waals surface area contributed by atoms with Crippen LogP contribution in [0, 0.1) is 0 Å². The Morgan fingerprint density at radius 2 is 1.93 bits per heavy atom. The van der Waals surface area contributed by atoms with Gasteiger partial charge in [-0.3, -0.25) is 4.98 Å². The number of nitrogens with zero attached hydrogens (tertiary/aromatic N) is 4. The predicted octanol–water partition coefficient (Wildman–Crippen LogP) is 3.95. The lowest BCUT2D eigenvalue weighted by atomic mass is 10.2. The van der Waals surface area contributed by atoms with Crippen molar-refractivity contribution in [1.82, 2.24) is 14.9 Å². The summed E-state index contributed by atoms with van der Waals surface area (Å²) in [6, 6.07) is 9.79. The van der Waals surface area contributed by atoms with Gasteiger partial charge in [0.15, 0.2) is 5.58 Å². The summed E-state index contributed by atoms with van der Waals surface area (Å²) in [5.41, 5.74) is 3.01. The van der Waals surface area contributed by atoms with Gasteiger partial charge >= 0.3 is 6.09 Å². The molecule has 1 saturated heterocycles. The number of oxazole rings is 1. The molecule has 0 aliphatic carbocycles. The Kier molecular flexibility index (Phi) is 4.66. The fourth-order valence-corrected chi connectivity index (χ4v) is 3.20. The van der Waals surface area contributed by atoms with Gasteiger partial charge in [-0.25, -0.2) is 9.78 Å². The number of rotatable bonds is 2. The molecule has 7 nitrogen and oxygen atoms in total. The third-order valence-electron chi connectivity index (χ3n) is 4.58. The lowest BCUT2D eigenvalue weighted by Gasteiger charge is -2.36. The van der Waals surface area contributed by atoms with Crippen LogP contribution in [0.2, 0.25) is 0 Å². The summed E-state index contributed by atoms with van der Waals surface area (Å²) in [7, 11) is 0. The van der Waals surface area contributed by atoms with Crippen molar-refractivity contribution in [3.8, 4) is 11.5 Å². The first kappa shape index (κ1) is 18.3. The fraction of sp³-hybridized carbons (Fsp3) is 0.381. The first-order valence-corrected chi connectivity index (χ1v) is 9.43. The Hall–Kier alpha value is -3.09. The van der Waals surface area contributed by atoms with Crippen molar-refractivity contribution in [2.45, 2.75) is 26.4 Å². The molecule has 0 radical (unpaired) electrons. The molecule has 28 heavy (non-hydrogen) atoms. The molecule has 1 aliphatic heterocycles. The van der Waals surface area contributed by atoms with Crippen LogP contribution in [0.3, 0.4) is 0 Å². The highest BCUT2D eigenvalue weighted by atomic mass is 16.6. The molecule has 7 heteroatoms. The summed E-state index contributed by atoms with van der Waals surface area (Å²) in [6.07, 6.45) is 3.21. The van der Waals surface area contributed by atoms with Crippen molar-refractivity contribution in [1.29, 1.82) is 0 Å². The average Bonchev–Trinajstić information content (AvgIpc) is 3.11. The zero-order chi connectivity index (χ0) is 19.7. The molecular weight excluding hydrogens is 356 g/mol. The van der Waals surface area contributed by atoms with Crippen LogP contribution in [0.5, 0.6) is 0 Å². The molecule has 3 heterocycles. The normalized spacial score (nSPS) is 15.1. The molecule has 0 bridgehead atoms. The van der Waals surface area contributed by atoms with Crippen LogP contribution in [0.4, 0.5) is 10.5 Å². The minimum absolute atomic E-state index is 0.250. The molecule has 2 aromatic heterocycles. The van der Waals surface area contributed by atoms with E-state index < -0.39 is 5.60 Å². The van der Waals surface area contributed by atoms with Crippen molar-refractivity contribution in [3.63, 3.8) is 0 Å². The van der Waals surface area contributed by atoms with Crippen LogP contribution < -0.4 is 4.90 Å². The quantitative estimate of drug-likeness (QED) is 0.670. The van der Waals surface area contributed by atoms with E-state index in [9.17, 15) is 4.79 Å². The van der Waals surface area contributed by atoms with Crippen LogP contribution in [-0.4, -0.2) is 52.7 Å². The van der Waals surface area contributed by atoms with Gasteiger partial charge in [0, 0.05) is 44.3 Å². The maximum absolute atomic E-state index is 12.2. The second-order valence-electron chi connectivity index (χ2n) is 7.87. The Balaban J connectivity index is 1.46. The van der Waals surface area contributed by atoms with E-state index in [0.29, 0.717) is 19.0 Å². The molecule has 0 N–H and O–H groups in total. The Labute approximate surface area is 163 Å². The number of pyridine rings is 1. The van der Waals surface area contributed by atoms with Crippen molar-refractivity contribution in [3.05, 3.63) is 42.7 Å². The summed E-state index contributed by atoms with van der Waals surface area (Å²) in [4.78, 5) is 25.0. The van der Waals surface area contributed by atoms with Gasteiger partial charge in [-0.15, -0.1) is 0 Å². The number of aromatic nitrogens is 2. The molecule has 0 atom stereocenters. The van der Waals surface area contributed by atoms with Gasteiger partial charge in [-0.1, -0.05) is 0 Å². The number of hydrogen-bond acceptors (Lipinski definition) is 6. The molecule has 1 aromatic carbocycles. The summed E-state index contributed by atoms with van der Waals surface area (Å²) in [5.74, 6) is 0.565. The Morgan fingerprint density at radius 1 is 1.14 bits per heavy atom. The van der Waals surface area contributed by atoms with E-state index in [0.717, 1.165) is 35.4 Å². The van der Waals surface area contributed by atoms with E-state index in [-0.39, 0.29) is 6.09 Å². The third-order valence-corrected chi connectivity index (χ3v) is 4.58. The highest BCUT2D eigenvalue weighted by molar-refractivity contribution is 5.80. The van der Waals surface area contributed by atoms with Crippen molar-refractivity contribution < 1.29 is 13.9 Å². The van der Waals surface area contributed by atoms with Crippen molar-refractivity contribution in [2.75, 3.05) is 31.1 Å². The number of anilines is 1. The number of piperazine rings is 1. The summed E-state index contributed by atoms with van der Waals surface area (Å²) >= 11 is 0. The van der Waals surface area contributed by atoms with E-state index in [1.54, 1.807) is 17.3 Å². The van der Waals surface area contributed by atoms with E-state index in [2.05, 4.69) is 14.9 Å². The first-order valence-electron chi connectivity index (χ1n) is 9.43. The summed E-state index contributed by atoms with van der Waals surface area (Å²) < 4.78 is 11.3. The van der Waals surface area contributed by atoms with Gasteiger partial charge in [0.1, 0.15) is 11.1 Å². The third kappa shape index (κ3) is 3.93. The van der Waals surface area contributed by atoms with Crippen LogP contribution in [0.15, 0.2) is 47.1 Å². The Bertz CT molecular complexity index is 970. The molecular formula is C21H24N4O3. The number of amides is 1. The van der Waals surface area contributed by atoms with Gasteiger partial charge < -0.3 is 19.0 Å². The van der Waals surface area contributed by atoms with Crippen LogP contribution in [0.1, 0.15) is 20.8 Å². The number of carbonyl (C=O) groups excluding carboxylic acids is 1. The lowest BCUT2D eigenvalue weighted by molar-refractivity contribution is 0.0240. The highest BCUT2D eigenvalue weighted by Gasteiger charge is 2.26. The van der Waals surface area contributed by atoms with Gasteiger partial charge in [-0.05, 0) is 51.1 Å². The molecule has 1 fully saturated rings. The number of fused-ring (bicyclic) bond motifs is 1. The minimum Gasteiger partial charge on any atom is -0.444 e. The highest BCUT2D eigenvalue weighted by Crippen LogP contribution is 2.27. The van der Waals surface area contributed by atoms with Gasteiger partial charge in [0.25, 0.3) is 0 Å². The number of benzene rings is 1. The van der Waals surface area contributed by atoms with Gasteiger partial charge in [0.05, 0.1) is 5.56 Å². The number of hydrogen-bond donors (Lipinski definition) is 0. The van der Waals surface area contributed by atoms with Crippen LogP contribution >= 0.6 is 0 Å². The topological polar surface area (TPSA) is 71.7 Å². The Morgan fingerprint density at radius 3 is 2.61 bits per heavy atom. The maximum Gasteiger partial charge on any atom is 0.410 e. The second-order valence-corrected chi connectivity index (χ2v) is 7.87. The van der Waals surface area contributed by atoms with E-state index in [1.807, 2.05) is 51.1 Å². The van der Waals surface area contributed by atoms with Gasteiger partial charge in [-0.2, -0.15) is 0 Å². The zero-order valence-electron chi connectivity index (χ0n) is 16.4. The number of ether oxygens (including phenoxy) is 1. The van der Waals surface area contributed by atoms with Crippen LogP contribution in [0.25, 0.3) is 22.6 Å². The standard InChI is InChI=1S/C21H24N4O3/c1-21(2,3)28-20(26)25-11-9-24(10-12-25)16-6-7-18-17(13-16)23-19(27-18)15-5-4-8-22-14-15/h4-8,13-14H,9-12H2,1-3H3. The molecule has 4 rings (SSSR count). The maximum atomic E-state index is 12.2. The molecule has 0 unspecified atom stereocenters. The molecule has 0 spiro atoms. The smallest absolute Gasteiger partial charge is 0.410 e. The SMILES string of the molecule is CC(C)(C)OC(=O)N1CCN(c2ccc3oc(-c4cccnc4)nc3c2)CC1. The van der Waals surface area contributed by atoms with E-state index in [1.165, 1.54) is 0 Å². The average molecular weight is 380 g/mol. The summed E-state index contributed by atoms with van der Waals surface area (Å²) in [5, 5.41) is 0. The van der Waals surface area contributed by atoms with Crippen molar-refractivity contribution >= 4 is 22.9 Å². The fourth-order valence-electron chi connectivity index (χ4n) is 3.20. The molecule has 0 saturated carbocycles. The molecule has 3 aromatic rings. The molecule has 1 aliphatic rings. The van der Waals surface area contributed by atoms with E-state index in [4.69, 9.17) is 9.15 Å². The predicted molar refractivity (Wildman–Crippen MR) is 107 cm³/mol. The lowest BCUT2D eigenvalue weighted by Crippen LogP contribution is -2.50. The first-order chi connectivity index (χ1) is 13.4. The molecule has 146 valence electrons. The van der Waals surface area contributed by atoms with E-state index >= 15 is 0 Å². The monoisotopic (exact) mass is 380 g/mol. The number of carbonyl (C=O) groups is 1. The summed E-state index contributed by atoms with van der Waals surface area (Å²) in [6.45, 7) is 8.41. The zero-order valence-corrected chi connectivity index (χ0v) is 16.4. The van der Waals surface area contributed by atoms with Crippen LogP contribution in [-0.2, 0) is 4.74 Å². The molecule has 1 amide bonds. The second kappa shape index (κ2) is 7.14. The minimum atomic E-state index is -0.474. The largest absolute Gasteiger partial charge is 0.444 e.